The number of amides is 2. The van der Waals surface area contributed by atoms with E-state index in [9.17, 15) is 9.59 Å². The summed E-state index contributed by atoms with van der Waals surface area (Å²) in [7, 11) is 0. The number of benzene rings is 1. The van der Waals surface area contributed by atoms with E-state index in [1.54, 1.807) is 4.90 Å². The summed E-state index contributed by atoms with van der Waals surface area (Å²) >= 11 is 6.21. The van der Waals surface area contributed by atoms with Crippen LogP contribution in [0.15, 0.2) is 42.7 Å². The van der Waals surface area contributed by atoms with Gasteiger partial charge in [0, 0.05) is 66.2 Å². The molecule has 2 amide bonds. The number of carbonyl (C=O) groups is 2. The lowest BCUT2D eigenvalue weighted by Crippen LogP contribution is -2.58. The Morgan fingerprint density at radius 2 is 1.77 bits per heavy atom. The van der Waals surface area contributed by atoms with E-state index in [4.69, 9.17) is 16.3 Å². The van der Waals surface area contributed by atoms with Crippen molar-refractivity contribution in [2.75, 3.05) is 24.5 Å². The number of hydrogen-bond donors (Lipinski definition) is 1. The van der Waals surface area contributed by atoms with Gasteiger partial charge in [-0.1, -0.05) is 23.7 Å². The highest BCUT2D eigenvalue weighted by Gasteiger charge is 2.45. The average molecular weight is 566 g/mol. The lowest BCUT2D eigenvalue weighted by atomic mass is 9.95. The number of ether oxygens (including phenoxy) is 1. The van der Waals surface area contributed by atoms with Gasteiger partial charge in [0.2, 0.25) is 5.91 Å². The normalized spacial score (nSPS) is 19.8. The molecule has 3 aromatic rings. The molecule has 40 heavy (non-hydrogen) atoms. The highest BCUT2D eigenvalue weighted by Crippen LogP contribution is 2.38. The zero-order chi connectivity index (χ0) is 28.8. The highest BCUT2D eigenvalue weighted by molar-refractivity contribution is 6.30. The summed E-state index contributed by atoms with van der Waals surface area (Å²) < 4.78 is 5.72. The van der Waals surface area contributed by atoms with E-state index in [2.05, 4.69) is 32.8 Å². The second-order valence-corrected chi connectivity index (χ2v) is 12.8. The molecule has 0 saturated carbocycles. The van der Waals surface area contributed by atoms with Crippen LogP contribution >= 0.6 is 11.6 Å². The monoisotopic (exact) mass is 565 g/mol. The first-order valence-electron chi connectivity index (χ1n) is 14.2. The lowest BCUT2D eigenvalue weighted by Gasteiger charge is -2.44. The van der Waals surface area contributed by atoms with Crippen LogP contribution in [0.5, 0.6) is 0 Å². The molecule has 0 radical (unpaired) electrons. The topological polar surface area (TPSA) is 81.8 Å². The highest BCUT2D eigenvalue weighted by atomic mass is 35.5. The summed E-state index contributed by atoms with van der Waals surface area (Å²) in [4.78, 5) is 41.6. The number of H-pyrrole nitrogens is 1. The van der Waals surface area contributed by atoms with Gasteiger partial charge in [-0.3, -0.25) is 4.79 Å². The third-order valence-electron chi connectivity index (χ3n) is 8.03. The third-order valence-corrected chi connectivity index (χ3v) is 8.28. The van der Waals surface area contributed by atoms with Gasteiger partial charge in [0.05, 0.1) is 5.92 Å². The zero-order valence-electron chi connectivity index (χ0n) is 24.3. The molecule has 0 aliphatic carbocycles. The van der Waals surface area contributed by atoms with Crippen molar-refractivity contribution in [3.8, 4) is 0 Å². The van der Waals surface area contributed by atoms with Crippen molar-refractivity contribution >= 4 is 40.3 Å². The number of nitrogens with one attached hydrogen (secondary N) is 1. The molecule has 2 aliphatic rings. The number of hydrogen-bond acceptors (Lipinski definition) is 5. The van der Waals surface area contributed by atoms with Crippen molar-refractivity contribution in [3.63, 3.8) is 0 Å². The predicted octanol–water partition coefficient (Wildman–Crippen LogP) is 6.13. The molecule has 2 fully saturated rings. The van der Waals surface area contributed by atoms with E-state index in [0.717, 1.165) is 48.2 Å². The van der Waals surface area contributed by atoms with Crippen molar-refractivity contribution in [1.82, 2.24) is 19.8 Å². The van der Waals surface area contributed by atoms with Crippen molar-refractivity contribution in [2.24, 2.45) is 0 Å². The summed E-state index contributed by atoms with van der Waals surface area (Å²) in [6, 6.07) is 9.56. The van der Waals surface area contributed by atoms with Gasteiger partial charge in [-0.15, -0.1) is 0 Å². The van der Waals surface area contributed by atoms with E-state index in [0.29, 0.717) is 5.02 Å². The van der Waals surface area contributed by atoms with Crippen LogP contribution in [0.3, 0.4) is 0 Å². The van der Waals surface area contributed by atoms with Gasteiger partial charge in [-0.2, -0.15) is 0 Å². The number of anilines is 1. The first-order valence-corrected chi connectivity index (χ1v) is 14.6. The Hall–Kier alpha value is -3.26. The summed E-state index contributed by atoms with van der Waals surface area (Å²) in [5.74, 6) is -0.470. The van der Waals surface area contributed by atoms with Gasteiger partial charge in [0.1, 0.15) is 11.2 Å². The standard InChI is InChI=1S/C31H40ClN5O3/c1-19(2)36(30(39)40-31(4,5)6)18-25(21-7-9-22(32)10-8-21)29(38)37-23-11-12-24(37)17-35(16-23)26-13-14-33-28-27(26)20(3)15-34-28/h7-10,13-15,19,23-25H,11-12,16-18H2,1-6H3,(H,33,34)/t23-,24+,25-/m1/s1. The molecule has 0 spiro atoms. The van der Waals surface area contributed by atoms with E-state index in [1.807, 2.05) is 71.3 Å². The summed E-state index contributed by atoms with van der Waals surface area (Å²) in [5.41, 5.74) is 3.44. The molecule has 2 saturated heterocycles. The quantitative estimate of drug-likeness (QED) is 0.388. The number of nitrogens with zero attached hydrogens (tertiary/aromatic N) is 4. The van der Waals surface area contributed by atoms with Crippen LogP contribution in [0.25, 0.3) is 11.0 Å². The second kappa shape index (κ2) is 11.0. The number of pyridine rings is 1. The zero-order valence-corrected chi connectivity index (χ0v) is 25.0. The molecule has 214 valence electrons. The Labute approximate surface area is 241 Å². The summed E-state index contributed by atoms with van der Waals surface area (Å²) in [5, 5.41) is 1.76. The van der Waals surface area contributed by atoms with E-state index in [1.165, 1.54) is 5.56 Å². The third kappa shape index (κ3) is 5.64. The number of carbonyl (C=O) groups excluding carboxylic acids is 2. The minimum atomic E-state index is -0.629. The number of piperazine rings is 1. The molecular weight excluding hydrogens is 526 g/mol. The molecule has 3 atom stereocenters. The van der Waals surface area contributed by atoms with Gasteiger partial charge >= 0.3 is 6.09 Å². The largest absolute Gasteiger partial charge is 0.444 e. The van der Waals surface area contributed by atoms with Crippen LogP contribution in [0.4, 0.5) is 10.5 Å². The Kier molecular flexibility index (Phi) is 7.75. The maximum atomic E-state index is 14.5. The molecule has 8 nitrogen and oxygen atoms in total. The van der Waals surface area contributed by atoms with Gasteiger partial charge in [0.15, 0.2) is 0 Å². The Bertz CT molecular complexity index is 1370. The van der Waals surface area contributed by atoms with Gasteiger partial charge in [0.25, 0.3) is 0 Å². The minimum absolute atomic E-state index is 0.0568. The van der Waals surface area contributed by atoms with Crippen LogP contribution in [-0.2, 0) is 9.53 Å². The van der Waals surface area contributed by atoms with Crippen LogP contribution < -0.4 is 4.90 Å². The van der Waals surface area contributed by atoms with Crippen LogP contribution in [-0.4, -0.2) is 75.1 Å². The van der Waals surface area contributed by atoms with Crippen molar-refractivity contribution < 1.29 is 14.3 Å². The van der Waals surface area contributed by atoms with E-state index < -0.39 is 17.6 Å². The van der Waals surface area contributed by atoms with E-state index in [-0.39, 0.29) is 30.6 Å². The average Bonchev–Trinajstić information content (AvgIpc) is 3.39. The Morgan fingerprint density at radius 3 is 2.38 bits per heavy atom. The molecule has 5 rings (SSSR count). The fourth-order valence-corrected chi connectivity index (χ4v) is 6.26. The molecule has 1 aromatic carbocycles. The summed E-state index contributed by atoms with van der Waals surface area (Å²) in [6.07, 6.45) is 5.35. The van der Waals surface area contributed by atoms with E-state index >= 15 is 0 Å². The van der Waals surface area contributed by atoms with Crippen LogP contribution in [0.1, 0.15) is 64.5 Å². The SMILES string of the molecule is Cc1c[nH]c2nccc(N3C[C@H]4CC[C@@H](C3)N4C(=O)[C@H](CN(C(=O)OC(C)(C)C)C(C)C)c3ccc(Cl)cc3)c12. The number of aromatic nitrogens is 2. The molecule has 4 heterocycles. The number of rotatable bonds is 6. The van der Waals surface area contributed by atoms with Crippen molar-refractivity contribution in [2.45, 2.75) is 84.0 Å². The fraction of sp³-hybridized carbons (Fsp3) is 0.516. The number of aromatic amines is 1. The van der Waals surface area contributed by atoms with Crippen LogP contribution in [0.2, 0.25) is 5.02 Å². The molecule has 9 heteroatoms. The smallest absolute Gasteiger partial charge is 0.410 e. The van der Waals surface area contributed by atoms with Crippen LogP contribution in [0, 0.1) is 6.92 Å². The second-order valence-electron chi connectivity index (χ2n) is 12.4. The van der Waals surface area contributed by atoms with Gasteiger partial charge in [-0.25, -0.2) is 9.78 Å². The predicted molar refractivity (Wildman–Crippen MR) is 159 cm³/mol. The Morgan fingerprint density at radius 1 is 1.12 bits per heavy atom. The number of halogens is 1. The summed E-state index contributed by atoms with van der Waals surface area (Å²) in [6.45, 7) is 13.3. The molecule has 2 bridgehead atoms. The van der Waals surface area contributed by atoms with Gasteiger partial charge in [-0.05, 0) is 83.7 Å². The van der Waals surface area contributed by atoms with Crippen molar-refractivity contribution in [1.29, 1.82) is 0 Å². The first kappa shape index (κ1) is 28.3. The van der Waals surface area contributed by atoms with Gasteiger partial charge < -0.3 is 24.4 Å². The molecule has 2 aromatic heterocycles. The maximum absolute atomic E-state index is 14.5. The fourth-order valence-electron chi connectivity index (χ4n) is 6.14. The van der Waals surface area contributed by atoms with Crippen molar-refractivity contribution in [3.05, 3.63) is 58.9 Å². The minimum Gasteiger partial charge on any atom is -0.444 e. The molecule has 2 aliphatic heterocycles. The lowest BCUT2D eigenvalue weighted by molar-refractivity contribution is -0.136. The Balaban J connectivity index is 1.43. The molecule has 0 unspecified atom stereocenters. The maximum Gasteiger partial charge on any atom is 0.410 e. The molecular formula is C31H40ClN5O3. The molecule has 1 N–H and O–H groups in total. The number of aryl methyl sites for hydroxylation is 1. The first-order chi connectivity index (χ1) is 18.9. The number of fused-ring (bicyclic) bond motifs is 3.